The van der Waals surface area contributed by atoms with Gasteiger partial charge in [0.15, 0.2) is 0 Å². The second kappa shape index (κ2) is 13.5. The molecule has 0 aliphatic carbocycles. The highest BCUT2D eigenvalue weighted by molar-refractivity contribution is 5.98. The molecule has 2 aliphatic heterocycles. The number of hydrogen-bond donors (Lipinski definition) is 4. The van der Waals surface area contributed by atoms with Gasteiger partial charge in [0.25, 0.3) is 11.9 Å². The van der Waals surface area contributed by atoms with Crippen molar-refractivity contribution in [2.75, 3.05) is 45.9 Å². The van der Waals surface area contributed by atoms with Crippen molar-refractivity contribution in [2.24, 2.45) is 0 Å². The van der Waals surface area contributed by atoms with Crippen LogP contribution < -0.4 is 10.6 Å². The van der Waals surface area contributed by atoms with E-state index in [1.54, 1.807) is 12.3 Å². The van der Waals surface area contributed by atoms with Gasteiger partial charge in [-0.3, -0.25) is 24.3 Å². The zero-order chi connectivity index (χ0) is 27.6. The van der Waals surface area contributed by atoms with E-state index in [9.17, 15) is 9.59 Å². The van der Waals surface area contributed by atoms with E-state index in [2.05, 4.69) is 25.5 Å². The summed E-state index contributed by atoms with van der Waals surface area (Å²) in [6.07, 6.45) is 5.95. The predicted molar refractivity (Wildman–Crippen MR) is 148 cm³/mol. The maximum atomic E-state index is 12.2. The van der Waals surface area contributed by atoms with Gasteiger partial charge in [0.1, 0.15) is 0 Å². The number of nitrogens with zero attached hydrogens (tertiary/aromatic N) is 2. The average molecular weight is 532 g/mol. The van der Waals surface area contributed by atoms with E-state index >= 15 is 0 Å². The van der Waals surface area contributed by atoms with Gasteiger partial charge < -0.3 is 25.5 Å². The number of carboxylic acids is 1. The minimum absolute atomic E-state index is 0.0346. The fourth-order valence-corrected chi connectivity index (χ4v) is 4.40. The predicted octanol–water partition coefficient (Wildman–Crippen LogP) is 2.58. The number of rotatable bonds is 7. The lowest BCUT2D eigenvalue weighted by atomic mass is 10.0. The van der Waals surface area contributed by atoms with Gasteiger partial charge in [-0.15, -0.1) is 0 Å². The van der Waals surface area contributed by atoms with Crippen LogP contribution in [0.1, 0.15) is 28.5 Å². The van der Waals surface area contributed by atoms with Crippen LogP contribution in [0, 0.1) is 0 Å². The topological polar surface area (TPSA) is 137 Å². The van der Waals surface area contributed by atoms with Crippen LogP contribution in [0.2, 0.25) is 0 Å². The third kappa shape index (κ3) is 8.10. The Morgan fingerprint density at radius 1 is 1.15 bits per heavy atom. The van der Waals surface area contributed by atoms with Crippen molar-refractivity contribution >= 4 is 23.9 Å². The number of aromatic amines is 1. The Bertz CT molecular complexity index is 1340. The van der Waals surface area contributed by atoms with Gasteiger partial charge >= 0.3 is 0 Å². The fourth-order valence-electron chi connectivity index (χ4n) is 4.40. The minimum Gasteiger partial charge on any atom is -0.481 e. The van der Waals surface area contributed by atoms with Crippen LogP contribution in [0.3, 0.4) is 0 Å². The zero-order valence-electron chi connectivity index (χ0n) is 21.9. The van der Waals surface area contributed by atoms with Crippen LogP contribution in [0.15, 0.2) is 54.7 Å². The van der Waals surface area contributed by atoms with Crippen LogP contribution in [-0.2, 0) is 20.7 Å². The van der Waals surface area contributed by atoms with Crippen molar-refractivity contribution in [3.63, 3.8) is 0 Å². The van der Waals surface area contributed by atoms with Gasteiger partial charge in [0.05, 0.1) is 24.5 Å². The van der Waals surface area contributed by atoms with E-state index in [0.29, 0.717) is 18.7 Å². The Morgan fingerprint density at radius 2 is 1.95 bits per heavy atom. The van der Waals surface area contributed by atoms with Crippen molar-refractivity contribution in [3.05, 3.63) is 71.6 Å². The van der Waals surface area contributed by atoms with Gasteiger partial charge in [-0.05, 0) is 35.9 Å². The van der Waals surface area contributed by atoms with Crippen LogP contribution in [0.5, 0.6) is 0 Å². The highest BCUT2D eigenvalue weighted by Gasteiger charge is 2.20. The first-order valence-electron chi connectivity index (χ1n) is 12.9. The Hall–Kier alpha value is -4.28. The monoisotopic (exact) mass is 531 g/mol. The number of nitrogens with one attached hydrogen (secondary N) is 3. The number of ether oxygens (including phenoxy) is 1. The Morgan fingerprint density at radius 3 is 2.72 bits per heavy atom. The fraction of sp³-hybridized carbons (Fsp3) is 0.310. The van der Waals surface area contributed by atoms with E-state index in [1.165, 1.54) is 0 Å². The summed E-state index contributed by atoms with van der Waals surface area (Å²) in [6, 6.07) is 13.8. The Balaban J connectivity index is 0.000000826. The molecule has 39 heavy (non-hydrogen) atoms. The lowest BCUT2D eigenvalue weighted by molar-refractivity contribution is -0.134. The highest BCUT2D eigenvalue weighted by Crippen LogP contribution is 2.27. The van der Waals surface area contributed by atoms with Gasteiger partial charge in [0, 0.05) is 80.9 Å². The van der Waals surface area contributed by atoms with Crippen molar-refractivity contribution in [1.29, 1.82) is 0 Å². The molecule has 2 aliphatic rings. The van der Waals surface area contributed by atoms with Crippen LogP contribution in [0.25, 0.3) is 28.6 Å². The standard InChI is InChI=1S/C27H29N5O3.C2H4O2/c33-26(29-10-11-32-12-14-35-15-13-32)5-4-19-2-1-3-20(16-19)24-17-21(6-8-28-24)25-18-22-23(31-25)7-9-30-27(22)34;1-2(3)4/h1-6,8,16-18,31H,7,9-15H2,(H,29,33)(H,30,34);1H3,(H,3,4)/b5-4+;. The quantitative estimate of drug-likeness (QED) is 0.344. The number of morpholine rings is 1. The van der Waals surface area contributed by atoms with Crippen LogP contribution in [-0.4, -0.2) is 83.7 Å². The summed E-state index contributed by atoms with van der Waals surface area (Å²) in [5, 5.41) is 13.2. The molecule has 1 saturated heterocycles. The number of carbonyl (C=O) groups excluding carboxylic acids is 2. The van der Waals surface area contributed by atoms with Gasteiger partial charge in [0.2, 0.25) is 5.91 Å². The van der Waals surface area contributed by atoms with E-state index in [1.807, 2.05) is 48.5 Å². The lowest BCUT2D eigenvalue weighted by Gasteiger charge is -2.26. The molecule has 0 spiro atoms. The Labute approximate surface area is 227 Å². The summed E-state index contributed by atoms with van der Waals surface area (Å²) in [5.41, 5.74) is 6.25. The normalized spacial score (nSPS) is 15.2. The first-order valence-corrected chi connectivity index (χ1v) is 12.9. The molecular formula is C29H33N5O5. The third-order valence-corrected chi connectivity index (χ3v) is 6.32. The molecule has 2 amide bonds. The molecule has 3 aromatic rings. The van der Waals surface area contributed by atoms with E-state index in [0.717, 1.165) is 80.0 Å². The number of H-pyrrole nitrogens is 1. The SMILES string of the molecule is CC(=O)O.O=C(/C=C/c1cccc(-c2cc(-c3cc4c([nH]3)CCNC4=O)ccn2)c1)NCCN1CCOCC1. The molecular weight excluding hydrogens is 498 g/mol. The molecule has 4 heterocycles. The van der Waals surface area contributed by atoms with Crippen molar-refractivity contribution in [1.82, 2.24) is 25.5 Å². The number of hydrogen-bond acceptors (Lipinski definition) is 6. The number of benzene rings is 1. The number of pyridine rings is 1. The number of fused-ring (bicyclic) bond motifs is 1. The molecule has 0 atom stereocenters. The molecule has 0 bridgehead atoms. The molecule has 0 unspecified atom stereocenters. The summed E-state index contributed by atoms with van der Waals surface area (Å²) in [4.78, 5) is 43.6. The smallest absolute Gasteiger partial charge is 0.300 e. The summed E-state index contributed by atoms with van der Waals surface area (Å²) in [5.74, 6) is -0.976. The third-order valence-electron chi connectivity index (χ3n) is 6.32. The molecule has 10 heteroatoms. The molecule has 4 N–H and O–H groups in total. The van der Waals surface area contributed by atoms with Crippen LogP contribution >= 0.6 is 0 Å². The minimum atomic E-state index is -0.833. The number of carbonyl (C=O) groups is 3. The second-order valence-electron chi connectivity index (χ2n) is 9.23. The zero-order valence-corrected chi connectivity index (χ0v) is 21.9. The maximum absolute atomic E-state index is 12.2. The maximum Gasteiger partial charge on any atom is 0.300 e. The lowest BCUT2D eigenvalue weighted by Crippen LogP contribution is -2.41. The van der Waals surface area contributed by atoms with Crippen molar-refractivity contribution in [3.8, 4) is 22.5 Å². The molecule has 2 aromatic heterocycles. The van der Waals surface area contributed by atoms with Crippen molar-refractivity contribution in [2.45, 2.75) is 13.3 Å². The molecule has 1 fully saturated rings. The molecule has 204 valence electrons. The molecule has 0 radical (unpaired) electrons. The molecule has 10 nitrogen and oxygen atoms in total. The molecule has 5 rings (SSSR count). The highest BCUT2D eigenvalue weighted by atomic mass is 16.5. The summed E-state index contributed by atoms with van der Waals surface area (Å²) < 4.78 is 5.35. The van der Waals surface area contributed by atoms with E-state index < -0.39 is 5.97 Å². The Kier molecular flexibility index (Phi) is 9.60. The summed E-state index contributed by atoms with van der Waals surface area (Å²) in [6.45, 7) is 6.52. The van der Waals surface area contributed by atoms with Gasteiger partial charge in [-0.2, -0.15) is 0 Å². The number of amides is 2. The van der Waals surface area contributed by atoms with E-state index in [-0.39, 0.29) is 11.8 Å². The largest absolute Gasteiger partial charge is 0.481 e. The van der Waals surface area contributed by atoms with E-state index in [4.69, 9.17) is 14.6 Å². The summed E-state index contributed by atoms with van der Waals surface area (Å²) >= 11 is 0. The second-order valence-corrected chi connectivity index (χ2v) is 9.23. The van der Waals surface area contributed by atoms with Gasteiger partial charge in [-0.25, -0.2) is 0 Å². The van der Waals surface area contributed by atoms with Crippen molar-refractivity contribution < 1.29 is 24.2 Å². The molecule has 1 aromatic carbocycles. The first-order chi connectivity index (χ1) is 18.9. The first kappa shape index (κ1) is 27.7. The number of carboxylic acid groups (broad SMARTS) is 1. The van der Waals surface area contributed by atoms with Gasteiger partial charge in [-0.1, -0.05) is 18.2 Å². The van der Waals surface area contributed by atoms with Crippen LogP contribution in [0.4, 0.5) is 0 Å². The average Bonchev–Trinajstić information content (AvgIpc) is 3.39. The number of aromatic nitrogens is 2. The molecule has 0 saturated carbocycles. The number of aliphatic carboxylic acids is 1. The summed E-state index contributed by atoms with van der Waals surface area (Å²) in [7, 11) is 0.